The SMILES string of the molecule is CC1SCCSC1C(O)Cc1cccc(Cl)c1. The maximum Gasteiger partial charge on any atom is 0.0709 e. The molecule has 3 unspecified atom stereocenters. The Morgan fingerprint density at radius 3 is 2.88 bits per heavy atom. The molecule has 0 aromatic heterocycles. The van der Waals surface area contributed by atoms with Crippen molar-refractivity contribution in [3.05, 3.63) is 34.9 Å². The summed E-state index contributed by atoms with van der Waals surface area (Å²) in [5.41, 5.74) is 1.12. The van der Waals surface area contributed by atoms with Gasteiger partial charge in [0.05, 0.1) is 6.10 Å². The molecule has 1 aliphatic heterocycles. The predicted octanol–water partition coefficient (Wildman–Crippen LogP) is 3.48. The number of rotatable bonds is 3. The Morgan fingerprint density at radius 1 is 1.41 bits per heavy atom. The van der Waals surface area contributed by atoms with E-state index in [1.165, 1.54) is 5.75 Å². The van der Waals surface area contributed by atoms with Gasteiger partial charge in [-0.05, 0) is 24.1 Å². The zero-order valence-corrected chi connectivity index (χ0v) is 12.2. The van der Waals surface area contributed by atoms with Gasteiger partial charge in [0.1, 0.15) is 0 Å². The average Bonchev–Trinajstić information content (AvgIpc) is 2.29. The quantitative estimate of drug-likeness (QED) is 0.920. The molecule has 4 heteroatoms. The van der Waals surface area contributed by atoms with Crippen molar-refractivity contribution in [3.63, 3.8) is 0 Å². The zero-order valence-electron chi connectivity index (χ0n) is 9.80. The van der Waals surface area contributed by atoms with Crippen LogP contribution in [0.25, 0.3) is 0 Å². The van der Waals surface area contributed by atoms with Crippen LogP contribution in [0.2, 0.25) is 5.02 Å². The first kappa shape index (κ1) is 13.6. The molecular formula is C13H17ClOS2. The lowest BCUT2D eigenvalue weighted by atomic mass is 10.0. The van der Waals surface area contributed by atoms with E-state index in [2.05, 4.69) is 6.92 Å². The molecule has 0 amide bonds. The molecule has 1 saturated heterocycles. The summed E-state index contributed by atoms with van der Waals surface area (Å²) in [5, 5.41) is 11.9. The van der Waals surface area contributed by atoms with Gasteiger partial charge in [0.2, 0.25) is 0 Å². The number of aliphatic hydroxyl groups excluding tert-OH is 1. The summed E-state index contributed by atoms with van der Waals surface area (Å²) in [6.45, 7) is 2.21. The first-order chi connectivity index (χ1) is 8.16. The molecule has 0 aliphatic carbocycles. The fourth-order valence-electron chi connectivity index (χ4n) is 2.09. The van der Waals surface area contributed by atoms with Crippen LogP contribution in [-0.2, 0) is 6.42 Å². The number of halogens is 1. The summed E-state index contributed by atoms with van der Waals surface area (Å²) >= 11 is 9.81. The summed E-state index contributed by atoms with van der Waals surface area (Å²) in [4.78, 5) is 0. The van der Waals surface area contributed by atoms with Crippen molar-refractivity contribution in [3.8, 4) is 0 Å². The average molecular weight is 289 g/mol. The number of hydrogen-bond acceptors (Lipinski definition) is 3. The summed E-state index contributed by atoms with van der Waals surface area (Å²) in [6, 6.07) is 7.78. The van der Waals surface area contributed by atoms with Crippen molar-refractivity contribution in [2.45, 2.75) is 29.9 Å². The highest BCUT2D eigenvalue weighted by Crippen LogP contribution is 2.34. The highest BCUT2D eigenvalue weighted by molar-refractivity contribution is 8.07. The molecule has 1 nitrogen and oxygen atoms in total. The van der Waals surface area contributed by atoms with E-state index in [4.69, 9.17) is 11.6 Å². The molecule has 2 rings (SSSR count). The standard InChI is InChI=1S/C13H17ClOS2/c1-9-13(17-6-5-16-9)12(15)8-10-3-2-4-11(14)7-10/h2-4,7,9,12-13,15H,5-6,8H2,1H3. The second-order valence-corrected chi connectivity index (χ2v) is 7.52. The molecule has 1 fully saturated rings. The predicted molar refractivity (Wildman–Crippen MR) is 79.3 cm³/mol. The van der Waals surface area contributed by atoms with E-state index < -0.39 is 0 Å². The molecule has 0 saturated carbocycles. The molecule has 0 bridgehead atoms. The largest absolute Gasteiger partial charge is 0.392 e. The van der Waals surface area contributed by atoms with Crippen LogP contribution >= 0.6 is 35.1 Å². The van der Waals surface area contributed by atoms with E-state index in [1.807, 2.05) is 47.8 Å². The van der Waals surface area contributed by atoms with E-state index in [0.717, 1.165) is 16.3 Å². The van der Waals surface area contributed by atoms with Gasteiger partial charge in [-0.2, -0.15) is 23.5 Å². The minimum Gasteiger partial charge on any atom is -0.392 e. The van der Waals surface area contributed by atoms with Crippen molar-refractivity contribution in [1.82, 2.24) is 0 Å². The molecule has 1 heterocycles. The minimum atomic E-state index is -0.277. The molecule has 0 spiro atoms. The van der Waals surface area contributed by atoms with Gasteiger partial charge in [-0.3, -0.25) is 0 Å². The minimum absolute atomic E-state index is 0.277. The fourth-order valence-corrected chi connectivity index (χ4v) is 5.15. The molecule has 1 aromatic rings. The lowest BCUT2D eigenvalue weighted by Gasteiger charge is -2.31. The molecule has 3 atom stereocenters. The monoisotopic (exact) mass is 288 g/mol. The van der Waals surface area contributed by atoms with Crippen LogP contribution in [0.1, 0.15) is 12.5 Å². The summed E-state index contributed by atoms with van der Waals surface area (Å²) in [7, 11) is 0. The highest BCUT2D eigenvalue weighted by Gasteiger charge is 2.29. The van der Waals surface area contributed by atoms with Gasteiger partial charge in [0.15, 0.2) is 0 Å². The highest BCUT2D eigenvalue weighted by atomic mass is 35.5. The third-order valence-corrected chi connectivity index (χ3v) is 6.42. The van der Waals surface area contributed by atoms with Gasteiger partial charge in [-0.1, -0.05) is 30.7 Å². The van der Waals surface area contributed by atoms with Crippen molar-refractivity contribution < 1.29 is 5.11 Å². The molecule has 1 N–H and O–H groups in total. The topological polar surface area (TPSA) is 20.2 Å². The molecular weight excluding hydrogens is 272 g/mol. The van der Waals surface area contributed by atoms with Gasteiger partial charge < -0.3 is 5.11 Å². The van der Waals surface area contributed by atoms with Crippen molar-refractivity contribution in [1.29, 1.82) is 0 Å². The second kappa shape index (κ2) is 6.37. The lowest BCUT2D eigenvalue weighted by molar-refractivity contribution is 0.171. The Labute approximate surface area is 116 Å². The van der Waals surface area contributed by atoms with E-state index in [9.17, 15) is 5.11 Å². The van der Waals surface area contributed by atoms with Crippen LogP contribution in [0.15, 0.2) is 24.3 Å². The van der Waals surface area contributed by atoms with E-state index in [-0.39, 0.29) is 6.10 Å². The smallest absolute Gasteiger partial charge is 0.0709 e. The molecule has 1 aromatic carbocycles. The zero-order chi connectivity index (χ0) is 12.3. The van der Waals surface area contributed by atoms with Gasteiger partial charge >= 0.3 is 0 Å². The van der Waals surface area contributed by atoms with Gasteiger partial charge in [0, 0.05) is 27.0 Å². The maximum absolute atomic E-state index is 10.3. The summed E-state index contributed by atoms with van der Waals surface area (Å²) in [6.07, 6.45) is 0.421. The van der Waals surface area contributed by atoms with E-state index in [1.54, 1.807) is 0 Å². The Morgan fingerprint density at radius 2 is 2.18 bits per heavy atom. The molecule has 1 aliphatic rings. The summed E-state index contributed by atoms with van der Waals surface area (Å²) in [5.74, 6) is 2.35. The third kappa shape index (κ3) is 3.82. The first-order valence-electron chi connectivity index (χ1n) is 5.82. The Bertz CT molecular complexity index is 372. The van der Waals surface area contributed by atoms with Crippen molar-refractivity contribution >= 4 is 35.1 Å². The van der Waals surface area contributed by atoms with Crippen LogP contribution in [0.4, 0.5) is 0 Å². The normalized spacial score (nSPS) is 26.8. The number of aliphatic hydroxyl groups is 1. The summed E-state index contributed by atoms with van der Waals surface area (Å²) < 4.78 is 0. The van der Waals surface area contributed by atoms with Crippen LogP contribution in [0.5, 0.6) is 0 Å². The lowest BCUT2D eigenvalue weighted by Crippen LogP contribution is -2.36. The number of hydrogen-bond donors (Lipinski definition) is 1. The van der Waals surface area contributed by atoms with Crippen LogP contribution in [0, 0.1) is 0 Å². The number of thioether (sulfide) groups is 2. The Balaban J connectivity index is 1.98. The third-order valence-electron chi connectivity index (χ3n) is 2.95. The van der Waals surface area contributed by atoms with Crippen LogP contribution < -0.4 is 0 Å². The van der Waals surface area contributed by atoms with Gasteiger partial charge in [-0.25, -0.2) is 0 Å². The van der Waals surface area contributed by atoms with Crippen molar-refractivity contribution in [2.24, 2.45) is 0 Å². The molecule has 94 valence electrons. The van der Waals surface area contributed by atoms with Crippen molar-refractivity contribution in [2.75, 3.05) is 11.5 Å². The number of benzene rings is 1. The molecule has 17 heavy (non-hydrogen) atoms. The fraction of sp³-hybridized carbons (Fsp3) is 0.538. The maximum atomic E-state index is 10.3. The van der Waals surface area contributed by atoms with E-state index >= 15 is 0 Å². The Kier molecular flexibility index (Phi) is 5.10. The van der Waals surface area contributed by atoms with Crippen LogP contribution in [-0.4, -0.2) is 33.2 Å². The second-order valence-electron chi connectivity index (χ2n) is 4.31. The molecule has 0 radical (unpaired) electrons. The van der Waals surface area contributed by atoms with Gasteiger partial charge in [-0.15, -0.1) is 0 Å². The van der Waals surface area contributed by atoms with Gasteiger partial charge in [0.25, 0.3) is 0 Å². The van der Waals surface area contributed by atoms with E-state index in [0.29, 0.717) is 16.9 Å². The Hall–Kier alpha value is 0.170. The first-order valence-corrected chi connectivity index (χ1v) is 8.30. The van der Waals surface area contributed by atoms with Crippen LogP contribution in [0.3, 0.4) is 0 Å².